The number of amides is 3. The number of carbonyl (C=O) groups excluding carboxylic acids is 3. The average molecular weight is 422 g/mol. The van der Waals surface area contributed by atoms with Crippen LogP contribution >= 0.6 is 0 Å². The lowest BCUT2D eigenvalue weighted by molar-refractivity contribution is -0.135. The number of aryl methyl sites for hydroxylation is 2. The Morgan fingerprint density at radius 2 is 1.19 bits per heavy atom. The van der Waals surface area contributed by atoms with Crippen molar-refractivity contribution < 1.29 is 14.4 Å². The molecule has 31 heavy (non-hydrogen) atoms. The van der Waals surface area contributed by atoms with Gasteiger partial charge < -0.3 is 15.1 Å². The second-order valence-corrected chi connectivity index (χ2v) is 8.54. The van der Waals surface area contributed by atoms with Crippen LogP contribution in [0.25, 0.3) is 0 Å². The molecule has 3 rings (SSSR count). The molecule has 0 bridgehead atoms. The lowest BCUT2D eigenvalue weighted by Crippen LogP contribution is -2.57. The van der Waals surface area contributed by atoms with Crippen molar-refractivity contribution in [1.82, 2.24) is 15.1 Å². The number of nitrogens with zero attached hydrogens (tertiary/aromatic N) is 2. The van der Waals surface area contributed by atoms with Crippen molar-refractivity contribution in [2.75, 3.05) is 26.2 Å². The maximum Gasteiger partial charge on any atom is 0.253 e. The SMILES string of the molecule is Cc1ccc(C(=O)NC(C(=O)N2CCN(C(=O)c3ccc(C)cc3)CC2)C(C)C)cc1. The third-order valence-corrected chi connectivity index (χ3v) is 5.71. The largest absolute Gasteiger partial charge is 0.340 e. The fourth-order valence-electron chi connectivity index (χ4n) is 3.65. The van der Waals surface area contributed by atoms with E-state index in [0.717, 1.165) is 11.1 Å². The Morgan fingerprint density at radius 1 is 0.742 bits per heavy atom. The molecule has 2 aromatic rings. The Balaban J connectivity index is 1.60. The van der Waals surface area contributed by atoms with Crippen LogP contribution in [0.15, 0.2) is 48.5 Å². The second-order valence-electron chi connectivity index (χ2n) is 8.54. The highest BCUT2D eigenvalue weighted by atomic mass is 16.2. The number of rotatable bonds is 5. The summed E-state index contributed by atoms with van der Waals surface area (Å²) in [6.07, 6.45) is 0. The maximum absolute atomic E-state index is 13.2. The Labute approximate surface area is 184 Å². The summed E-state index contributed by atoms with van der Waals surface area (Å²) in [6, 6.07) is 14.2. The van der Waals surface area contributed by atoms with Gasteiger partial charge in [-0.3, -0.25) is 14.4 Å². The fourth-order valence-corrected chi connectivity index (χ4v) is 3.65. The third-order valence-electron chi connectivity index (χ3n) is 5.71. The molecule has 1 aliphatic heterocycles. The topological polar surface area (TPSA) is 69.7 Å². The third kappa shape index (κ3) is 5.51. The Kier molecular flexibility index (Phi) is 7.10. The zero-order valence-electron chi connectivity index (χ0n) is 18.7. The van der Waals surface area contributed by atoms with E-state index in [4.69, 9.17) is 0 Å². The van der Waals surface area contributed by atoms with Crippen molar-refractivity contribution in [1.29, 1.82) is 0 Å². The molecule has 0 saturated carbocycles. The van der Waals surface area contributed by atoms with Gasteiger partial charge in [0.05, 0.1) is 0 Å². The molecule has 1 N–H and O–H groups in total. The van der Waals surface area contributed by atoms with Gasteiger partial charge in [0.2, 0.25) is 5.91 Å². The molecule has 1 aliphatic rings. The van der Waals surface area contributed by atoms with E-state index in [9.17, 15) is 14.4 Å². The van der Waals surface area contributed by atoms with Gasteiger partial charge in [-0.25, -0.2) is 0 Å². The van der Waals surface area contributed by atoms with Gasteiger partial charge in [-0.2, -0.15) is 0 Å². The van der Waals surface area contributed by atoms with Gasteiger partial charge in [0.1, 0.15) is 6.04 Å². The van der Waals surface area contributed by atoms with Crippen LogP contribution in [0.3, 0.4) is 0 Å². The van der Waals surface area contributed by atoms with Crippen molar-refractivity contribution in [3.63, 3.8) is 0 Å². The van der Waals surface area contributed by atoms with Crippen molar-refractivity contribution in [2.45, 2.75) is 33.7 Å². The molecule has 0 spiro atoms. The number of piperazine rings is 1. The summed E-state index contributed by atoms with van der Waals surface area (Å²) >= 11 is 0. The Morgan fingerprint density at radius 3 is 1.68 bits per heavy atom. The minimum Gasteiger partial charge on any atom is -0.340 e. The lowest BCUT2D eigenvalue weighted by atomic mass is 10.0. The molecule has 1 atom stereocenters. The summed E-state index contributed by atoms with van der Waals surface area (Å²) in [7, 11) is 0. The number of carbonyl (C=O) groups is 3. The molecular formula is C25H31N3O3. The minimum atomic E-state index is -0.604. The minimum absolute atomic E-state index is 0.0137. The van der Waals surface area contributed by atoms with Crippen LogP contribution in [0, 0.1) is 19.8 Å². The number of nitrogens with one attached hydrogen (secondary N) is 1. The molecule has 0 aliphatic carbocycles. The predicted octanol–water partition coefficient (Wildman–Crippen LogP) is 3.04. The van der Waals surface area contributed by atoms with Crippen LogP contribution in [-0.2, 0) is 4.79 Å². The summed E-state index contributed by atoms with van der Waals surface area (Å²) in [4.78, 5) is 42.0. The van der Waals surface area contributed by atoms with E-state index in [2.05, 4.69) is 5.32 Å². The number of benzene rings is 2. The van der Waals surface area contributed by atoms with Crippen molar-refractivity contribution in [2.24, 2.45) is 5.92 Å². The van der Waals surface area contributed by atoms with E-state index in [-0.39, 0.29) is 23.6 Å². The summed E-state index contributed by atoms with van der Waals surface area (Å²) in [5.74, 6) is -0.410. The van der Waals surface area contributed by atoms with Crippen LogP contribution in [0.1, 0.15) is 45.7 Å². The highest BCUT2D eigenvalue weighted by molar-refractivity contribution is 5.98. The Hall–Kier alpha value is -3.15. The van der Waals surface area contributed by atoms with Crippen molar-refractivity contribution in [3.8, 4) is 0 Å². The van der Waals surface area contributed by atoms with Crippen LogP contribution in [0.2, 0.25) is 0 Å². The van der Waals surface area contributed by atoms with Crippen LogP contribution in [-0.4, -0.2) is 59.7 Å². The molecule has 6 nitrogen and oxygen atoms in total. The first-order valence-corrected chi connectivity index (χ1v) is 10.8. The molecular weight excluding hydrogens is 390 g/mol. The highest BCUT2D eigenvalue weighted by Gasteiger charge is 2.32. The quantitative estimate of drug-likeness (QED) is 0.807. The highest BCUT2D eigenvalue weighted by Crippen LogP contribution is 2.14. The molecule has 6 heteroatoms. The van der Waals surface area contributed by atoms with Crippen molar-refractivity contribution >= 4 is 17.7 Å². The van der Waals surface area contributed by atoms with Gasteiger partial charge >= 0.3 is 0 Å². The molecule has 1 unspecified atom stereocenters. The van der Waals surface area contributed by atoms with Gasteiger partial charge in [0.25, 0.3) is 11.8 Å². The van der Waals surface area contributed by atoms with Crippen LogP contribution < -0.4 is 5.32 Å². The molecule has 0 radical (unpaired) electrons. The van der Waals surface area contributed by atoms with E-state index in [1.54, 1.807) is 21.9 Å². The monoisotopic (exact) mass is 421 g/mol. The van der Waals surface area contributed by atoms with Gasteiger partial charge in [0, 0.05) is 37.3 Å². The zero-order chi connectivity index (χ0) is 22.5. The van der Waals surface area contributed by atoms with Gasteiger partial charge in [-0.05, 0) is 44.0 Å². The Bertz CT molecular complexity index is 927. The molecule has 164 valence electrons. The normalized spacial score (nSPS) is 15.0. The maximum atomic E-state index is 13.2. The number of hydrogen-bond acceptors (Lipinski definition) is 3. The van der Waals surface area contributed by atoms with Gasteiger partial charge in [-0.15, -0.1) is 0 Å². The first-order chi connectivity index (χ1) is 14.8. The van der Waals surface area contributed by atoms with E-state index in [1.807, 2.05) is 64.1 Å². The molecule has 1 fully saturated rings. The fraction of sp³-hybridized carbons (Fsp3) is 0.400. The zero-order valence-corrected chi connectivity index (χ0v) is 18.7. The molecule has 3 amide bonds. The molecule has 2 aromatic carbocycles. The van der Waals surface area contributed by atoms with E-state index < -0.39 is 6.04 Å². The average Bonchev–Trinajstić information content (AvgIpc) is 2.77. The summed E-state index contributed by atoms with van der Waals surface area (Å²) < 4.78 is 0. The second kappa shape index (κ2) is 9.77. The summed E-state index contributed by atoms with van der Waals surface area (Å²) in [5.41, 5.74) is 3.39. The van der Waals surface area contributed by atoms with Gasteiger partial charge in [-0.1, -0.05) is 49.2 Å². The van der Waals surface area contributed by atoms with Crippen LogP contribution in [0.5, 0.6) is 0 Å². The first-order valence-electron chi connectivity index (χ1n) is 10.8. The van der Waals surface area contributed by atoms with Crippen molar-refractivity contribution in [3.05, 3.63) is 70.8 Å². The summed E-state index contributed by atoms with van der Waals surface area (Å²) in [6.45, 7) is 9.68. The molecule has 0 aromatic heterocycles. The van der Waals surface area contributed by atoms with E-state index >= 15 is 0 Å². The smallest absolute Gasteiger partial charge is 0.253 e. The molecule has 1 heterocycles. The summed E-state index contributed by atoms with van der Waals surface area (Å²) in [5, 5.41) is 2.90. The first kappa shape index (κ1) is 22.5. The van der Waals surface area contributed by atoms with Crippen LogP contribution in [0.4, 0.5) is 0 Å². The lowest BCUT2D eigenvalue weighted by Gasteiger charge is -2.37. The van der Waals surface area contributed by atoms with E-state index in [0.29, 0.717) is 37.3 Å². The molecule has 1 saturated heterocycles. The number of hydrogen-bond donors (Lipinski definition) is 1. The predicted molar refractivity (Wildman–Crippen MR) is 121 cm³/mol. The van der Waals surface area contributed by atoms with E-state index in [1.165, 1.54) is 0 Å². The standard InChI is InChI=1S/C25H31N3O3/c1-17(2)22(26-23(29)20-9-5-18(3)6-10-20)25(31)28-15-13-27(14-16-28)24(30)21-11-7-19(4)8-12-21/h5-12,17,22H,13-16H2,1-4H3,(H,26,29). The van der Waals surface area contributed by atoms with Gasteiger partial charge in [0.15, 0.2) is 0 Å².